The fourth-order valence-electron chi connectivity index (χ4n) is 1.11. The summed E-state index contributed by atoms with van der Waals surface area (Å²) in [6, 6.07) is 0. The second kappa shape index (κ2) is 11.3. The van der Waals surface area contributed by atoms with Gasteiger partial charge in [0.15, 0.2) is 0 Å². The molecular formula is C11H20O2. The van der Waals surface area contributed by atoms with Crippen molar-refractivity contribution >= 4 is 0 Å². The molecule has 0 bridgehead atoms. The van der Waals surface area contributed by atoms with E-state index in [1.807, 2.05) is 0 Å². The molecule has 0 aromatic rings. The molecule has 0 aliphatic heterocycles. The summed E-state index contributed by atoms with van der Waals surface area (Å²) in [5.41, 5.74) is 0. The van der Waals surface area contributed by atoms with E-state index in [0.29, 0.717) is 0 Å². The molecule has 13 heavy (non-hydrogen) atoms. The molecule has 0 spiro atoms. The van der Waals surface area contributed by atoms with Gasteiger partial charge in [-0.3, -0.25) is 0 Å². The minimum atomic E-state index is 0.892. The van der Waals surface area contributed by atoms with Gasteiger partial charge in [-0.2, -0.15) is 0 Å². The number of ether oxygens (including phenoxy) is 2. The van der Waals surface area contributed by atoms with Crippen LogP contribution in [0.2, 0.25) is 0 Å². The number of hydrogen-bond donors (Lipinski definition) is 0. The van der Waals surface area contributed by atoms with Gasteiger partial charge in [0.1, 0.15) is 6.11 Å². The first-order chi connectivity index (χ1) is 6.41. The Morgan fingerprint density at radius 1 is 0.923 bits per heavy atom. The summed E-state index contributed by atoms with van der Waals surface area (Å²) in [7, 11) is 3.35. The molecule has 0 aromatic carbocycles. The van der Waals surface area contributed by atoms with E-state index in [1.165, 1.54) is 32.1 Å². The van der Waals surface area contributed by atoms with Crippen molar-refractivity contribution in [2.45, 2.75) is 38.5 Å². The van der Waals surface area contributed by atoms with Crippen molar-refractivity contribution < 1.29 is 9.47 Å². The van der Waals surface area contributed by atoms with Crippen LogP contribution < -0.4 is 0 Å². The van der Waals surface area contributed by atoms with Gasteiger partial charge >= 0.3 is 0 Å². The van der Waals surface area contributed by atoms with Gasteiger partial charge in [0.2, 0.25) is 0 Å². The Morgan fingerprint density at radius 2 is 1.62 bits per heavy atom. The van der Waals surface area contributed by atoms with Crippen LogP contribution in [0.1, 0.15) is 38.5 Å². The highest BCUT2D eigenvalue weighted by Gasteiger charge is 1.88. The Hall–Kier alpha value is -0.680. The molecule has 0 heterocycles. The Bertz CT molecular complexity index is 144. The van der Waals surface area contributed by atoms with Crippen molar-refractivity contribution in [1.82, 2.24) is 0 Å². The maximum atomic E-state index is 4.96. The molecular weight excluding hydrogens is 164 g/mol. The second-order valence-corrected chi connectivity index (χ2v) is 2.99. The molecule has 76 valence electrons. The lowest BCUT2D eigenvalue weighted by molar-refractivity contribution is 0.192. The second-order valence-electron chi connectivity index (χ2n) is 2.99. The first kappa shape index (κ1) is 12.3. The monoisotopic (exact) mass is 184 g/mol. The molecule has 0 amide bonds. The number of hydrogen-bond acceptors (Lipinski definition) is 2. The van der Waals surface area contributed by atoms with Crippen molar-refractivity contribution in [3.8, 4) is 12.0 Å². The Kier molecular flexibility index (Phi) is 10.7. The van der Waals surface area contributed by atoms with Crippen LogP contribution in [0.3, 0.4) is 0 Å². The fraction of sp³-hybridized carbons (Fsp3) is 0.818. The van der Waals surface area contributed by atoms with E-state index in [0.717, 1.165) is 13.0 Å². The Labute approximate surface area is 81.6 Å². The largest absolute Gasteiger partial charge is 0.450 e. The van der Waals surface area contributed by atoms with Crippen LogP contribution in [0.25, 0.3) is 0 Å². The summed E-state index contributed by atoms with van der Waals surface area (Å²) in [6.07, 6.45) is 9.74. The molecule has 0 aliphatic carbocycles. The van der Waals surface area contributed by atoms with Crippen LogP contribution in [0.15, 0.2) is 0 Å². The van der Waals surface area contributed by atoms with Crippen molar-refractivity contribution in [2.24, 2.45) is 0 Å². The van der Waals surface area contributed by atoms with E-state index in [4.69, 9.17) is 4.74 Å². The lowest BCUT2D eigenvalue weighted by Gasteiger charge is -1.98. The SMILES string of the molecule is COC#CCCCCCCCOC. The summed E-state index contributed by atoms with van der Waals surface area (Å²) in [4.78, 5) is 0. The summed E-state index contributed by atoms with van der Waals surface area (Å²) < 4.78 is 9.59. The van der Waals surface area contributed by atoms with Crippen molar-refractivity contribution in [2.75, 3.05) is 20.8 Å². The Balaban J connectivity index is 2.91. The van der Waals surface area contributed by atoms with Crippen LogP contribution in [-0.2, 0) is 9.47 Å². The molecule has 0 aromatic heterocycles. The minimum absolute atomic E-state index is 0.892. The summed E-state index contributed by atoms with van der Waals surface area (Å²) in [5.74, 6) is 2.94. The molecule has 2 heteroatoms. The molecule has 0 aliphatic rings. The van der Waals surface area contributed by atoms with Crippen molar-refractivity contribution in [3.63, 3.8) is 0 Å². The maximum Gasteiger partial charge on any atom is 0.109 e. The molecule has 0 radical (unpaired) electrons. The van der Waals surface area contributed by atoms with Gasteiger partial charge in [-0.15, -0.1) is 0 Å². The summed E-state index contributed by atoms with van der Waals surface area (Å²) in [6.45, 7) is 0.892. The van der Waals surface area contributed by atoms with Gasteiger partial charge in [0, 0.05) is 20.1 Å². The molecule has 0 rings (SSSR count). The molecule has 0 saturated heterocycles. The van der Waals surface area contributed by atoms with E-state index >= 15 is 0 Å². The zero-order valence-electron chi connectivity index (χ0n) is 8.77. The van der Waals surface area contributed by atoms with E-state index in [2.05, 4.69) is 16.8 Å². The average molecular weight is 184 g/mol. The smallest absolute Gasteiger partial charge is 0.109 e. The molecule has 0 saturated carbocycles. The number of rotatable bonds is 7. The van der Waals surface area contributed by atoms with Crippen LogP contribution >= 0.6 is 0 Å². The van der Waals surface area contributed by atoms with Crippen LogP contribution in [0.4, 0.5) is 0 Å². The van der Waals surface area contributed by atoms with Gasteiger partial charge < -0.3 is 9.47 Å². The van der Waals surface area contributed by atoms with Crippen molar-refractivity contribution in [1.29, 1.82) is 0 Å². The van der Waals surface area contributed by atoms with E-state index in [9.17, 15) is 0 Å². The minimum Gasteiger partial charge on any atom is -0.450 e. The predicted molar refractivity (Wildman–Crippen MR) is 54.4 cm³/mol. The van der Waals surface area contributed by atoms with Crippen LogP contribution in [0.5, 0.6) is 0 Å². The number of methoxy groups -OCH3 is 2. The zero-order chi connectivity index (χ0) is 9.78. The standard InChI is InChI=1S/C11H20O2/c1-12-10-8-6-4-3-5-7-9-11-13-2/h3-8,10H2,1-2H3. The summed E-state index contributed by atoms with van der Waals surface area (Å²) in [5, 5.41) is 0. The predicted octanol–water partition coefficient (Wildman–Crippen LogP) is 2.58. The third-order valence-electron chi connectivity index (χ3n) is 1.82. The molecule has 0 fully saturated rings. The van der Waals surface area contributed by atoms with Crippen LogP contribution in [-0.4, -0.2) is 20.8 Å². The maximum absolute atomic E-state index is 4.96. The van der Waals surface area contributed by atoms with E-state index in [-0.39, 0.29) is 0 Å². The lowest BCUT2D eigenvalue weighted by atomic mass is 10.1. The van der Waals surface area contributed by atoms with Gasteiger partial charge in [-0.25, -0.2) is 0 Å². The molecule has 2 nitrogen and oxygen atoms in total. The highest BCUT2D eigenvalue weighted by molar-refractivity contribution is 4.90. The van der Waals surface area contributed by atoms with Gasteiger partial charge in [-0.1, -0.05) is 25.2 Å². The third kappa shape index (κ3) is 11.3. The van der Waals surface area contributed by atoms with Gasteiger partial charge in [0.25, 0.3) is 0 Å². The highest BCUT2D eigenvalue weighted by Crippen LogP contribution is 2.04. The lowest BCUT2D eigenvalue weighted by Crippen LogP contribution is -1.87. The van der Waals surface area contributed by atoms with Gasteiger partial charge in [-0.05, 0) is 12.8 Å². The average Bonchev–Trinajstić information content (AvgIpc) is 2.16. The Morgan fingerprint density at radius 3 is 2.31 bits per heavy atom. The van der Waals surface area contributed by atoms with Gasteiger partial charge in [0.05, 0.1) is 7.11 Å². The first-order valence-electron chi connectivity index (χ1n) is 4.91. The van der Waals surface area contributed by atoms with Crippen LogP contribution in [0, 0.1) is 12.0 Å². The van der Waals surface area contributed by atoms with Crippen molar-refractivity contribution in [3.05, 3.63) is 0 Å². The molecule has 0 N–H and O–H groups in total. The zero-order valence-corrected chi connectivity index (χ0v) is 8.77. The normalized spacial score (nSPS) is 9.08. The number of unbranched alkanes of at least 4 members (excludes halogenated alkanes) is 5. The summed E-state index contributed by atoms with van der Waals surface area (Å²) >= 11 is 0. The molecule has 0 unspecified atom stereocenters. The van der Waals surface area contributed by atoms with E-state index in [1.54, 1.807) is 14.2 Å². The quantitative estimate of drug-likeness (QED) is 0.447. The molecule has 0 atom stereocenters. The first-order valence-corrected chi connectivity index (χ1v) is 4.91. The van der Waals surface area contributed by atoms with E-state index < -0.39 is 0 Å². The topological polar surface area (TPSA) is 18.5 Å². The third-order valence-corrected chi connectivity index (χ3v) is 1.82. The fourth-order valence-corrected chi connectivity index (χ4v) is 1.11. The highest BCUT2D eigenvalue weighted by atomic mass is 16.5.